The average molecular weight is 376 g/mol. The Morgan fingerprint density at radius 2 is 2.00 bits per heavy atom. The molecule has 1 N–H and O–H groups in total. The molecule has 23 heavy (non-hydrogen) atoms. The van der Waals surface area contributed by atoms with Crippen LogP contribution in [0.1, 0.15) is 11.1 Å². The largest absolute Gasteiger partial charge is 0.493 e. The summed E-state index contributed by atoms with van der Waals surface area (Å²) < 4.78 is 17.6. The van der Waals surface area contributed by atoms with E-state index in [0.29, 0.717) is 12.7 Å². The molecule has 0 saturated heterocycles. The highest BCUT2D eigenvalue weighted by molar-refractivity contribution is 9.10. The smallest absolute Gasteiger partial charge is 0.231 e. The molecular formula is C18H18BrNO3. The Kier molecular flexibility index (Phi) is 4.14. The number of benzene rings is 2. The molecule has 2 heterocycles. The van der Waals surface area contributed by atoms with Crippen molar-refractivity contribution in [3.05, 3.63) is 52.0 Å². The van der Waals surface area contributed by atoms with Gasteiger partial charge in [-0.15, -0.1) is 0 Å². The summed E-state index contributed by atoms with van der Waals surface area (Å²) in [7, 11) is 0. The molecule has 0 amide bonds. The quantitative estimate of drug-likeness (QED) is 0.887. The van der Waals surface area contributed by atoms with Gasteiger partial charge >= 0.3 is 0 Å². The van der Waals surface area contributed by atoms with Crippen LogP contribution in [-0.4, -0.2) is 19.9 Å². The second-order valence-corrected chi connectivity index (χ2v) is 6.79. The molecule has 4 rings (SSSR count). The summed E-state index contributed by atoms with van der Waals surface area (Å²) in [5.41, 5.74) is 2.48. The first-order valence-corrected chi connectivity index (χ1v) is 8.58. The van der Waals surface area contributed by atoms with E-state index in [0.717, 1.165) is 47.8 Å². The van der Waals surface area contributed by atoms with Gasteiger partial charge in [0.05, 0.1) is 11.1 Å². The Hall–Kier alpha value is -1.72. The standard InChI is InChI=1S/C18H18BrNO3/c19-15-6-12(7-17-18(15)23-11-22-17)8-20-9-13-5-14-3-1-2-4-16(14)21-10-13/h1-4,6-7,13,20H,5,8-11H2. The van der Waals surface area contributed by atoms with Crippen LogP contribution in [0.2, 0.25) is 0 Å². The SMILES string of the molecule is Brc1cc(CNCC2COc3ccccc3C2)cc2c1OCO2. The van der Waals surface area contributed by atoms with Crippen molar-refractivity contribution in [1.29, 1.82) is 0 Å². The fourth-order valence-electron chi connectivity index (χ4n) is 3.07. The van der Waals surface area contributed by atoms with E-state index in [1.54, 1.807) is 0 Å². The van der Waals surface area contributed by atoms with Crippen LogP contribution in [0.25, 0.3) is 0 Å². The molecule has 0 aromatic heterocycles. The molecule has 2 aliphatic heterocycles. The Labute approximate surface area is 143 Å². The molecule has 2 aromatic rings. The second-order valence-electron chi connectivity index (χ2n) is 5.93. The van der Waals surface area contributed by atoms with Gasteiger partial charge in [0.25, 0.3) is 0 Å². The minimum absolute atomic E-state index is 0.295. The predicted molar refractivity (Wildman–Crippen MR) is 91.1 cm³/mol. The first-order valence-electron chi connectivity index (χ1n) is 7.79. The number of halogens is 1. The average Bonchev–Trinajstić information content (AvgIpc) is 3.04. The predicted octanol–water partition coefficient (Wildman–Crippen LogP) is 3.52. The number of rotatable bonds is 4. The van der Waals surface area contributed by atoms with Gasteiger partial charge < -0.3 is 19.5 Å². The van der Waals surface area contributed by atoms with Crippen LogP contribution >= 0.6 is 15.9 Å². The summed E-state index contributed by atoms with van der Waals surface area (Å²) in [5.74, 6) is 3.14. The van der Waals surface area contributed by atoms with Crippen molar-refractivity contribution in [3.63, 3.8) is 0 Å². The van der Waals surface area contributed by atoms with Gasteiger partial charge in [0, 0.05) is 19.0 Å². The van der Waals surface area contributed by atoms with Gasteiger partial charge in [-0.25, -0.2) is 0 Å². The molecule has 5 heteroatoms. The van der Waals surface area contributed by atoms with Crippen LogP contribution < -0.4 is 19.5 Å². The van der Waals surface area contributed by atoms with Crippen LogP contribution in [0.5, 0.6) is 17.2 Å². The van der Waals surface area contributed by atoms with E-state index in [1.807, 2.05) is 18.2 Å². The molecule has 0 bridgehead atoms. The van der Waals surface area contributed by atoms with Gasteiger partial charge in [-0.05, 0) is 51.7 Å². The van der Waals surface area contributed by atoms with Crippen molar-refractivity contribution >= 4 is 15.9 Å². The first kappa shape index (κ1) is 14.8. The van der Waals surface area contributed by atoms with Crippen LogP contribution in [0, 0.1) is 5.92 Å². The van der Waals surface area contributed by atoms with E-state index < -0.39 is 0 Å². The normalized spacial score (nSPS) is 18.4. The van der Waals surface area contributed by atoms with E-state index in [2.05, 4.69) is 39.4 Å². The molecule has 120 valence electrons. The lowest BCUT2D eigenvalue weighted by Crippen LogP contribution is -2.31. The lowest BCUT2D eigenvalue weighted by molar-refractivity contribution is 0.173. The highest BCUT2D eigenvalue weighted by Crippen LogP contribution is 2.39. The van der Waals surface area contributed by atoms with Crippen molar-refractivity contribution < 1.29 is 14.2 Å². The van der Waals surface area contributed by atoms with Gasteiger partial charge in [0.15, 0.2) is 11.5 Å². The third-order valence-corrected chi connectivity index (χ3v) is 4.79. The molecule has 1 unspecified atom stereocenters. The highest BCUT2D eigenvalue weighted by atomic mass is 79.9. The topological polar surface area (TPSA) is 39.7 Å². The fraction of sp³-hybridized carbons (Fsp3) is 0.333. The zero-order chi connectivity index (χ0) is 15.6. The van der Waals surface area contributed by atoms with Crippen LogP contribution in [0.3, 0.4) is 0 Å². The molecule has 0 aliphatic carbocycles. The maximum absolute atomic E-state index is 5.83. The van der Waals surface area contributed by atoms with Gasteiger partial charge in [0.2, 0.25) is 6.79 Å². The fourth-order valence-corrected chi connectivity index (χ4v) is 3.67. The number of hydrogen-bond donors (Lipinski definition) is 1. The van der Waals surface area contributed by atoms with Gasteiger partial charge in [0.1, 0.15) is 5.75 Å². The molecular weight excluding hydrogens is 358 g/mol. The van der Waals surface area contributed by atoms with Gasteiger partial charge in [-0.2, -0.15) is 0 Å². The molecule has 1 atom stereocenters. The maximum Gasteiger partial charge on any atom is 0.231 e. The number of fused-ring (bicyclic) bond motifs is 2. The summed E-state index contributed by atoms with van der Waals surface area (Å²) in [6, 6.07) is 12.4. The molecule has 0 spiro atoms. The Morgan fingerprint density at radius 1 is 1.09 bits per heavy atom. The zero-order valence-electron chi connectivity index (χ0n) is 12.7. The molecule has 2 aromatic carbocycles. The molecule has 0 radical (unpaired) electrons. The van der Waals surface area contributed by atoms with E-state index in [9.17, 15) is 0 Å². The molecule has 2 aliphatic rings. The second kappa shape index (κ2) is 6.42. The first-order chi connectivity index (χ1) is 11.3. The van der Waals surface area contributed by atoms with Crippen LogP contribution in [0.15, 0.2) is 40.9 Å². The van der Waals surface area contributed by atoms with Crippen LogP contribution in [-0.2, 0) is 13.0 Å². The minimum Gasteiger partial charge on any atom is -0.493 e. The van der Waals surface area contributed by atoms with Crippen molar-refractivity contribution in [3.8, 4) is 17.2 Å². The molecule has 4 nitrogen and oxygen atoms in total. The van der Waals surface area contributed by atoms with Gasteiger partial charge in [-0.1, -0.05) is 18.2 Å². The lowest BCUT2D eigenvalue weighted by atomic mass is 9.97. The number of nitrogens with one attached hydrogen (secondary N) is 1. The Balaban J connectivity index is 1.34. The van der Waals surface area contributed by atoms with E-state index in [4.69, 9.17) is 14.2 Å². The van der Waals surface area contributed by atoms with E-state index >= 15 is 0 Å². The summed E-state index contributed by atoms with van der Waals surface area (Å²) in [4.78, 5) is 0. The highest BCUT2D eigenvalue weighted by Gasteiger charge is 2.20. The van der Waals surface area contributed by atoms with Crippen LogP contribution in [0.4, 0.5) is 0 Å². The Bertz CT molecular complexity index is 719. The van der Waals surface area contributed by atoms with Crippen molar-refractivity contribution in [2.24, 2.45) is 5.92 Å². The summed E-state index contributed by atoms with van der Waals surface area (Å²) in [6.07, 6.45) is 1.06. The third kappa shape index (κ3) is 3.16. The summed E-state index contributed by atoms with van der Waals surface area (Å²) in [6.45, 7) is 2.80. The van der Waals surface area contributed by atoms with E-state index in [1.165, 1.54) is 11.1 Å². The maximum atomic E-state index is 5.83. The summed E-state index contributed by atoms with van der Waals surface area (Å²) >= 11 is 3.53. The minimum atomic E-state index is 0.295. The van der Waals surface area contributed by atoms with E-state index in [-0.39, 0.29) is 0 Å². The zero-order valence-corrected chi connectivity index (χ0v) is 14.3. The Morgan fingerprint density at radius 3 is 2.96 bits per heavy atom. The monoisotopic (exact) mass is 375 g/mol. The number of hydrogen-bond acceptors (Lipinski definition) is 4. The molecule has 0 fully saturated rings. The van der Waals surface area contributed by atoms with Gasteiger partial charge in [-0.3, -0.25) is 0 Å². The third-order valence-electron chi connectivity index (χ3n) is 4.20. The van der Waals surface area contributed by atoms with Crippen molar-refractivity contribution in [2.75, 3.05) is 19.9 Å². The summed E-state index contributed by atoms with van der Waals surface area (Å²) in [5, 5.41) is 3.52. The molecule has 0 saturated carbocycles. The lowest BCUT2D eigenvalue weighted by Gasteiger charge is -2.25. The number of para-hydroxylation sites is 1. The van der Waals surface area contributed by atoms with Crippen molar-refractivity contribution in [2.45, 2.75) is 13.0 Å². The number of ether oxygens (including phenoxy) is 3. The van der Waals surface area contributed by atoms with Crippen molar-refractivity contribution in [1.82, 2.24) is 5.32 Å².